The van der Waals surface area contributed by atoms with Crippen molar-refractivity contribution < 1.29 is 45.1 Å². The number of aromatic nitrogens is 2. The molecule has 0 amide bonds. The van der Waals surface area contributed by atoms with Crippen molar-refractivity contribution in [3.63, 3.8) is 0 Å². The van der Waals surface area contributed by atoms with E-state index in [-0.39, 0.29) is 70.0 Å². The maximum Gasteiger partial charge on any atom is 0.128 e. The molecule has 0 spiro atoms. The zero-order chi connectivity index (χ0) is 51.6. The molecule has 3 aromatic heterocycles. The predicted molar refractivity (Wildman–Crippen MR) is 235 cm³/mol. The summed E-state index contributed by atoms with van der Waals surface area (Å²) >= 11 is 0. The van der Waals surface area contributed by atoms with E-state index in [0.717, 1.165) is 38.9 Å². The molecule has 285 valence electrons. The Morgan fingerprint density at radius 1 is 0.579 bits per heavy atom. The maximum absolute atomic E-state index is 8.46. The van der Waals surface area contributed by atoms with Crippen LogP contribution in [0.25, 0.3) is 77.5 Å². The van der Waals surface area contributed by atoms with Crippen LogP contribution in [0.4, 0.5) is 0 Å². The summed E-state index contributed by atoms with van der Waals surface area (Å²) in [5.41, 5.74) is 4.75. The van der Waals surface area contributed by atoms with Crippen LogP contribution in [0.3, 0.4) is 0 Å². The molecule has 0 bridgehead atoms. The van der Waals surface area contributed by atoms with E-state index < -0.39 is 34.3 Å². The first-order valence-electron chi connectivity index (χ1n) is 25.6. The van der Waals surface area contributed by atoms with Crippen molar-refractivity contribution in [2.24, 2.45) is 0 Å². The number of furan rings is 1. The first kappa shape index (κ1) is 24.9. The van der Waals surface area contributed by atoms with Crippen molar-refractivity contribution in [1.29, 1.82) is 0 Å². The fourth-order valence-electron chi connectivity index (χ4n) is 6.80. The van der Waals surface area contributed by atoms with Crippen LogP contribution in [0.5, 0.6) is 0 Å². The average molecular weight is 934 g/mol. The third-order valence-electron chi connectivity index (χ3n) is 9.84. The largest absolute Gasteiger partial charge is 0.500 e. The minimum Gasteiger partial charge on any atom is -0.500 e. The van der Waals surface area contributed by atoms with Crippen LogP contribution in [-0.4, -0.2) is 9.97 Å². The summed E-state index contributed by atoms with van der Waals surface area (Å²) in [6, 6.07) is 40.0. The van der Waals surface area contributed by atoms with Crippen LogP contribution in [0.15, 0.2) is 138 Å². The molecule has 0 N–H and O–H groups in total. The van der Waals surface area contributed by atoms with Crippen LogP contribution >= 0.6 is 0 Å². The second kappa shape index (κ2) is 16.1. The molecule has 6 aromatic carbocycles. The zero-order valence-corrected chi connectivity index (χ0v) is 33.7. The number of hydrogen-bond donors (Lipinski definition) is 0. The van der Waals surface area contributed by atoms with Crippen molar-refractivity contribution in [2.75, 3.05) is 0 Å². The summed E-state index contributed by atoms with van der Waals surface area (Å²) in [6.45, 7) is -6.40. The smallest absolute Gasteiger partial charge is 0.128 e. The Hall–Kier alpha value is -5.67. The quantitative estimate of drug-likeness (QED) is 0.165. The summed E-state index contributed by atoms with van der Waals surface area (Å²) < 4.78 is 126. The molecule has 0 aliphatic heterocycles. The van der Waals surface area contributed by atoms with Gasteiger partial charge in [0.05, 0.1) is 5.58 Å². The van der Waals surface area contributed by atoms with Crippen LogP contribution in [0.1, 0.15) is 74.7 Å². The van der Waals surface area contributed by atoms with Crippen molar-refractivity contribution >= 4 is 32.7 Å². The molecule has 0 unspecified atom stereocenters. The van der Waals surface area contributed by atoms with Gasteiger partial charge in [-0.25, -0.2) is 0 Å². The number of nitrogens with zero attached hydrogens (tertiary/aromatic N) is 2. The van der Waals surface area contributed by atoms with E-state index in [2.05, 4.69) is 42.9 Å². The molecule has 3 heterocycles. The van der Waals surface area contributed by atoms with Gasteiger partial charge in [-0.1, -0.05) is 135 Å². The minimum absolute atomic E-state index is 0. The fraction of sp³-hybridized carbons (Fsp3) is 0.170. The Morgan fingerprint density at radius 2 is 1.35 bits per heavy atom. The van der Waals surface area contributed by atoms with E-state index in [1.54, 1.807) is 18.2 Å². The van der Waals surface area contributed by atoms with Gasteiger partial charge < -0.3 is 14.4 Å². The monoisotopic (exact) mass is 934 g/mol. The topological polar surface area (TPSA) is 38.9 Å². The molecule has 0 fully saturated rings. The Kier molecular flexibility index (Phi) is 7.00. The molecule has 0 saturated heterocycles. The second-order valence-corrected chi connectivity index (χ2v) is 14.7. The maximum atomic E-state index is 8.46. The molecule has 9 aromatic rings. The minimum atomic E-state index is -2.77. The van der Waals surface area contributed by atoms with E-state index in [9.17, 15) is 0 Å². The number of rotatable bonds is 4. The summed E-state index contributed by atoms with van der Waals surface area (Å²) in [4.78, 5) is 8.94. The number of hydrogen-bond acceptors (Lipinski definition) is 3. The van der Waals surface area contributed by atoms with Gasteiger partial charge in [0.1, 0.15) is 5.58 Å². The van der Waals surface area contributed by atoms with Crippen molar-refractivity contribution in [1.82, 2.24) is 9.97 Å². The molecule has 1 radical (unpaired) electrons. The van der Waals surface area contributed by atoms with Crippen molar-refractivity contribution in [2.45, 2.75) is 60.4 Å². The molecule has 0 saturated carbocycles. The van der Waals surface area contributed by atoms with Gasteiger partial charge in [-0.05, 0) is 94.1 Å². The molecule has 9 rings (SSSR count). The third-order valence-corrected chi connectivity index (χ3v) is 9.84. The van der Waals surface area contributed by atoms with E-state index >= 15 is 0 Å². The number of pyridine rings is 2. The Balaban J connectivity index is 0.000000304. The van der Waals surface area contributed by atoms with Crippen LogP contribution in [-0.2, 0) is 25.5 Å². The average Bonchev–Trinajstić information content (AvgIpc) is 3.69. The Morgan fingerprint density at radius 3 is 2.11 bits per heavy atom. The first-order chi connectivity index (χ1) is 33.0. The summed E-state index contributed by atoms with van der Waals surface area (Å²) in [5, 5.41) is 3.59. The van der Waals surface area contributed by atoms with E-state index in [1.165, 1.54) is 54.2 Å². The number of benzene rings is 6. The fourth-order valence-corrected chi connectivity index (χ4v) is 6.80. The van der Waals surface area contributed by atoms with Gasteiger partial charge in [-0.2, -0.15) is 0 Å². The normalized spacial score (nSPS) is 16.4. The summed E-state index contributed by atoms with van der Waals surface area (Å²) in [6.07, 6.45) is 3.07. The number of aryl methyl sites for hydroxylation is 5. The van der Waals surface area contributed by atoms with Gasteiger partial charge in [-0.3, -0.25) is 0 Å². The first-order valence-corrected chi connectivity index (χ1v) is 18.1. The molecule has 57 heavy (non-hydrogen) atoms. The van der Waals surface area contributed by atoms with Gasteiger partial charge in [0.2, 0.25) is 0 Å². The van der Waals surface area contributed by atoms with E-state index in [0.29, 0.717) is 28.0 Å². The standard InChI is InChI=1S/C37H28NO.C16H18N.Ir/c1-22-12-15-28(23(2)18-22)27-14-16-29(24(3)19-27)34-20-35(38-21-25(34)4)33-11-7-10-31-32-17-13-26-8-5-6-9-30(26)36(32)39-37(31)33;1-12-5-7-13(8-6-12)15-10-9-14(11-17-15)16(2,3)4;/h5-10,12-21H,1-4H3;5-7,9-11H,1-4H3;/q2*-1;/i1D3,2D3,3D3,4D3;1D3;. The number of fused-ring (bicyclic) bond motifs is 5. The molecule has 3 nitrogen and oxygen atoms in total. The van der Waals surface area contributed by atoms with Crippen LogP contribution < -0.4 is 0 Å². The van der Waals surface area contributed by atoms with Crippen LogP contribution in [0, 0.1) is 46.4 Å². The molecular weight excluding hydrogens is 873 g/mol. The molecule has 0 aliphatic carbocycles. The van der Waals surface area contributed by atoms with Crippen molar-refractivity contribution in [3.05, 3.63) is 179 Å². The second-order valence-electron chi connectivity index (χ2n) is 14.7. The van der Waals surface area contributed by atoms with E-state index in [1.807, 2.05) is 60.8 Å². The van der Waals surface area contributed by atoms with Gasteiger partial charge >= 0.3 is 0 Å². The van der Waals surface area contributed by atoms with Gasteiger partial charge in [0.15, 0.2) is 0 Å². The van der Waals surface area contributed by atoms with Gasteiger partial charge in [0.25, 0.3) is 0 Å². The third kappa shape index (κ3) is 7.99. The summed E-state index contributed by atoms with van der Waals surface area (Å²) in [5.74, 6) is 0. The molecule has 4 heteroatoms. The Labute approximate surface area is 371 Å². The Bertz CT molecular complexity index is 3380. The molecule has 0 aliphatic rings. The van der Waals surface area contributed by atoms with Crippen molar-refractivity contribution in [3.8, 4) is 44.8 Å². The van der Waals surface area contributed by atoms with Gasteiger partial charge in [-0.15, -0.1) is 53.6 Å². The SMILES string of the molecule is [2H]C([2H])([2H])c1c[c-]c(-c2ccc(C(C)(C)C)cn2)cc1.[2H]C([2H])([2H])c1ccc(-c2ccc(-c3cc(-c4[c-]ccc5c4oc4c6ccccc6ccc54)ncc3C([2H])([2H])[2H])c(C([2H])([2H])[2H])c2)c(C([2H])([2H])[2H])c1.[Ir]. The zero-order valence-electron chi connectivity index (χ0n) is 46.3. The molecule has 0 atom stereocenters. The van der Waals surface area contributed by atoms with E-state index in [4.69, 9.17) is 25.0 Å². The van der Waals surface area contributed by atoms with Gasteiger partial charge in [0, 0.05) is 63.8 Å². The van der Waals surface area contributed by atoms with Crippen LogP contribution in [0.2, 0.25) is 0 Å². The predicted octanol–water partition coefficient (Wildman–Crippen LogP) is 14.3. The summed E-state index contributed by atoms with van der Waals surface area (Å²) in [7, 11) is 0. The molecular formula is C53H46IrN2O-2.